The summed E-state index contributed by atoms with van der Waals surface area (Å²) >= 11 is 0. The molecule has 1 heterocycles. The van der Waals surface area contributed by atoms with Crippen LogP contribution in [0, 0.1) is 46.3 Å². The van der Waals surface area contributed by atoms with Crippen molar-refractivity contribution in [1.82, 2.24) is 4.90 Å². The molecule has 0 aromatic heterocycles. The van der Waals surface area contributed by atoms with Gasteiger partial charge in [0.05, 0.1) is 12.2 Å². The van der Waals surface area contributed by atoms with Crippen LogP contribution in [0.25, 0.3) is 0 Å². The van der Waals surface area contributed by atoms with Crippen LogP contribution in [0.1, 0.15) is 85.0 Å². The lowest BCUT2D eigenvalue weighted by Crippen LogP contribution is -2.58. The maximum absolute atomic E-state index is 11.2. The van der Waals surface area contributed by atoms with Crippen molar-refractivity contribution in [3.05, 3.63) is 12.2 Å². The van der Waals surface area contributed by atoms with Crippen LogP contribution in [0.3, 0.4) is 0 Å². The van der Waals surface area contributed by atoms with Crippen molar-refractivity contribution in [2.24, 2.45) is 46.3 Å². The smallest absolute Gasteiger partial charge is 0.0577 e. The van der Waals surface area contributed by atoms with Crippen LogP contribution in [-0.2, 0) is 0 Å². The zero-order valence-corrected chi connectivity index (χ0v) is 20.5. The summed E-state index contributed by atoms with van der Waals surface area (Å²) < 4.78 is 0. The minimum absolute atomic E-state index is 0.202. The summed E-state index contributed by atoms with van der Waals surface area (Å²) in [4.78, 5) is 2.66. The van der Waals surface area contributed by atoms with Crippen molar-refractivity contribution in [1.29, 1.82) is 0 Å². The number of aliphatic hydroxyl groups excluding tert-OH is 2. The number of likely N-dealkylation sites (tertiary alicyclic amines) is 1. The summed E-state index contributed by atoms with van der Waals surface area (Å²) in [7, 11) is 2.36. The first kappa shape index (κ1) is 22.4. The lowest BCUT2D eigenvalue weighted by molar-refractivity contribution is -0.168. The molecule has 0 aromatic rings. The molecule has 0 radical (unpaired) electrons. The summed E-state index contributed by atoms with van der Waals surface area (Å²) in [5.41, 5.74) is 0.562. The molecule has 2 N–H and O–H groups in total. The third-order valence-electron chi connectivity index (χ3n) is 11.5. The van der Waals surface area contributed by atoms with E-state index in [-0.39, 0.29) is 17.6 Å². The highest BCUT2D eigenvalue weighted by Gasteiger charge is 2.61. The second kappa shape index (κ2) is 8.13. The Kier molecular flexibility index (Phi) is 5.88. The van der Waals surface area contributed by atoms with Gasteiger partial charge in [0.2, 0.25) is 0 Å². The molecule has 0 spiro atoms. The van der Waals surface area contributed by atoms with E-state index in [1.54, 1.807) is 0 Å². The number of hydrogen-bond acceptors (Lipinski definition) is 3. The Labute approximate surface area is 190 Å². The second-order valence-corrected chi connectivity index (χ2v) is 12.9. The Bertz CT molecular complexity index is 692. The van der Waals surface area contributed by atoms with Gasteiger partial charge in [-0.25, -0.2) is 0 Å². The number of aliphatic hydroxyl groups is 2. The molecule has 0 bridgehead atoms. The molecule has 3 nitrogen and oxygen atoms in total. The maximum atomic E-state index is 11.2. The van der Waals surface area contributed by atoms with E-state index in [2.05, 4.69) is 44.9 Å². The Hall–Kier alpha value is -0.380. The van der Waals surface area contributed by atoms with Crippen molar-refractivity contribution in [2.45, 2.75) is 103 Å². The third kappa shape index (κ3) is 3.48. The molecule has 4 aliphatic carbocycles. The predicted octanol–water partition coefficient (Wildman–Crippen LogP) is 5.26. The Morgan fingerprint density at radius 1 is 0.903 bits per heavy atom. The minimum atomic E-state index is -0.235. The van der Waals surface area contributed by atoms with Crippen molar-refractivity contribution in [2.75, 3.05) is 13.6 Å². The first-order valence-electron chi connectivity index (χ1n) is 13.5. The molecule has 11 atom stereocenters. The van der Waals surface area contributed by atoms with Crippen molar-refractivity contribution in [3.8, 4) is 0 Å². The van der Waals surface area contributed by atoms with Gasteiger partial charge in [-0.15, -0.1) is 0 Å². The van der Waals surface area contributed by atoms with Crippen LogP contribution in [0.15, 0.2) is 12.2 Å². The molecule has 176 valence electrons. The summed E-state index contributed by atoms with van der Waals surface area (Å²) in [6, 6.07) is 0.712. The Morgan fingerprint density at radius 3 is 2.48 bits per heavy atom. The van der Waals surface area contributed by atoms with Gasteiger partial charge in [-0.2, -0.15) is 0 Å². The average Bonchev–Trinajstić information content (AvgIpc) is 2.94. The van der Waals surface area contributed by atoms with Gasteiger partial charge >= 0.3 is 0 Å². The summed E-state index contributed by atoms with van der Waals surface area (Å²) in [5, 5.41) is 21.5. The molecule has 3 heteroatoms. The van der Waals surface area contributed by atoms with Gasteiger partial charge in [0.25, 0.3) is 0 Å². The topological polar surface area (TPSA) is 43.7 Å². The van der Waals surface area contributed by atoms with Crippen molar-refractivity contribution in [3.63, 3.8) is 0 Å². The van der Waals surface area contributed by atoms with Crippen LogP contribution >= 0.6 is 0 Å². The fraction of sp³-hybridized carbons (Fsp3) is 0.929. The van der Waals surface area contributed by atoms with Gasteiger partial charge < -0.3 is 15.1 Å². The quantitative estimate of drug-likeness (QED) is 0.588. The van der Waals surface area contributed by atoms with Crippen molar-refractivity contribution < 1.29 is 10.2 Å². The second-order valence-electron chi connectivity index (χ2n) is 12.9. The number of allylic oxidation sites excluding steroid dienone is 2. The highest BCUT2D eigenvalue weighted by molar-refractivity contribution is 5.21. The van der Waals surface area contributed by atoms with E-state index >= 15 is 0 Å². The molecule has 31 heavy (non-hydrogen) atoms. The molecule has 11 unspecified atom stereocenters. The van der Waals surface area contributed by atoms with Gasteiger partial charge in [-0.05, 0) is 111 Å². The molecular weight excluding hydrogens is 382 g/mol. The van der Waals surface area contributed by atoms with Crippen LogP contribution in [0.4, 0.5) is 0 Å². The lowest BCUT2D eigenvalue weighted by atomic mass is 9.43. The third-order valence-corrected chi connectivity index (χ3v) is 11.5. The first-order valence-corrected chi connectivity index (χ1v) is 13.5. The van der Waals surface area contributed by atoms with Gasteiger partial charge in [-0.3, -0.25) is 0 Å². The highest BCUT2D eigenvalue weighted by atomic mass is 16.3. The molecule has 0 aromatic carbocycles. The zero-order valence-electron chi connectivity index (χ0n) is 20.5. The van der Waals surface area contributed by atoms with E-state index in [0.29, 0.717) is 47.0 Å². The summed E-state index contributed by atoms with van der Waals surface area (Å²) in [6.07, 6.45) is 16.7. The van der Waals surface area contributed by atoms with E-state index in [4.69, 9.17) is 0 Å². The van der Waals surface area contributed by atoms with Gasteiger partial charge in [0, 0.05) is 6.04 Å². The van der Waals surface area contributed by atoms with Crippen LogP contribution in [0.5, 0.6) is 0 Å². The van der Waals surface area contributed by atoms with Crippen LogP contribution in [0.2, 0.25) is 0 Å². The normalized spacial score (nSPS) is 53.9. The standard InChI is InChI=1S/C28H47NO2/c1-18(25-8-6-5-7-15-29(25)4)21-9-10-22-20-17-26(31)24-16-19(30)11-13-28(24,3)23(20)12-14-27(21,22)2/h9-10,18-26,30-31H,5-8,11-17H2,1-4H3. The van der Waals surface area contributed by atoms with E-state index in [9.17, 15) is 10.2 Å². The fourth-order valence-electron chi connectivity index (χ4n) is 9.73. The maximum Gasteiger partial charge on any atom is 0.0577 e. The zero-order chi connectivity index (χ0) is 22.0. The molecule has 4 fully saturated rings. The van der Waals surface area contributed by atoms with Crippen LogP contribution < -0.4 is 0 Å². The van der Waals surface area contributed by atoms with E-state index < -0.39 is 0 Å². The number of hydrogen-bond donors (Lipinski definition) is 2. The van der Waals surface area contributed by atoms with E-state index in [0.717, 1.165) is 25.7 Å². The molecular formula is C28H47NO2. The highest BCUT2D eigenvalue weighted by Crippen LogP contribution is 2.66. The lowest BCUT2D eigenvalue weighted by Gasteiger charge is -2.62. The largest absolute Gasteiger partial charge is 0.393 e. The predicted molar refractivity (Wildman–Crippen MR) is 127 cm³/mol. The summed E-state index contributed by atoms with van der Waals surface area (Å²) in [5.74, 6) is 3.61. The van der Waals surface area contributed by atoms with Gasteiger partial charge in [-0.1, -0.05) is 45.8 Å². The average molecular weight is 430 g/mol. The monoisotopic (exact) mass is 429 g/mol. The molecule has 5 aliphatic rings. The molecule has 5 rings (SSSR count). The van der Waals surface area contributed by atoms with Gasteiger partial charge in [0.15, 0.2) is 0 Å². The summed E-state index contributed by atoms with van der Waals surface area (Å²) in [6.45, 7) is 8.85. The van der Waals surface area contributed by atoms with E-state index in [1.165, 1.54) is 45.1 Å². The number of nitrogens with zero attached hydrogens (tertiary/aromatic N) is 1. The van der Waals surface area contributed by atoms with Crippen LogP contribution in [-0.4, -0.2) is 47.0 Å². The Morgan fingerprint density at radius 2 is 1.68 bits per heavy atom. The fourth-order valence-corrected chi connectivity index (χ4v) is 9.73. The molecule has 3 saturated carbocycles. The molecule has 1 aliphatic heterocycles. The molecule has 0 amide bonds. The molecule has 1 saturated heterocycles. The number of fused-ring (bicyclic) bond motifs is 5. The Balaban J connectivity index is 1.38. The van der Waals surface area contributed by atoms with Crippen molar-refractivity contribution >= 4 is 0 Å². The minimum Gasteiger partial charge on any atom is -0.393 e. The van der Waals surface area contributed by atoms with Gasteiger partial charge in [0.1, 0.15) is 0 Å². The van der Waals surface area contributed by atoms with E-state index in [1.807, 2.05) is 0 Å². The SMILES string of the molecule is CC(C1CCCCCN1C)C1C=CC2C3CC(O)C4CC(O)CCC4(C)C3CCC12C. The first-order chi connectivity index (χ1) is 14.8. The number of rotatable bonds is 2.